The molecule has 1 aromatic heterocycles. The zero-order chi connectivity index (χ0) is 11.7. The first-order valence-corrected chi connectivity index (χ1v) is 7.25. The standard InChI is InChI=1S/C13H19NO2S/c15-9-10-3-4-12-13(10)16-6-5-14(12)8-11-2-1-7-17-11/h1-2,7,10,12-13,15H,3-6,8-9H2/t10-,12-,13-/m0/s1. The number of morpholine rings is 1. The van der Waals surface area contributed by atoms with Crippen molar-refractivity contribution in [3.8, 4) is 0 Å². The van der Waals surface area contributed by atoms with Crippen LogP contribution in [0.2, 0.25) is 0 Å². The molecule has 1 saturated carbocycles. The summed E-state index contributed by atoms with van der Waals surface area (Å²) in [6.07, 6.45) is 2.53. The predicted octanol–water partition coefficient (Wildman–Crippen LogP) is 1.72. The van der Waals surface area contributed by atoms with Gasteiger partial charge in [0.05, 0.1) is 12.7 Å². The molecule has 94 valence electrons. The van der Waals surface area contributed by atoms with E-state index in [0.717, 1.165) is 26.1 Å². The van der Waals surface area contributed by atoms with Gasteiger partial charge in [-0.25, -0.2) is 0 Å². The van der Waals surface area contributed by atoms with Crippen LogP contribution < -0.4 is 0 Å². The van der Waals surface area contributed by atoms with Gasteiger partial charge in [0, 0.05) is 36.5 Å². The lowest BCUT2D eigenvalue weighted by atomic mass is 10.0. The Labute approximate surface area is 106 Å². The zero-order valence-electron chi connectivity index (χ0n) is 9.92. The smallest absolute Gasteiger partial charge is 0.0780 e. The van der Waals surface area contributed by atoms with Gasteiger partial charge in [-0.2, -0.15) is 0 Å². The highest BCUT2D eigenvalue weighted by Gasteiger charge is 2.42. The SMILES string of the molecule is OC[C@@H]1CC[C@H]2[C@H]1OCCN2Cc1cccs1. The van der Waals surface area contributed by atoms with E-state index < -0.39 is 0 Å². The monoisotopic (exact) mass is 253 g/mol. The molecule has 0 bridgehead atoms. The van der Waals surface area contributed by atoms with E-state index in [1.54, 1.807) is 0 Å². The van der Waals surface area contributed by atoms with Crippen LogP contribution in [0, 0.1) is 5.92 Å². The van der Waals surface area contributed by atoms with Gasteiger partial charge < -0.3 is 9.84 Å². The van der Waals surface area contributed by atoms with Crippen molar-refractivity contribution in [3.63, 3.8) is 0 Å². The van der Waals surface area contributed by atoms with Gasteiger partial charge in [-0.05, 0) is 24.3 Å². The van der Waals surface area contributed by atoms with E-state index >= 15 is 0 Å². The summed E-state index contributed by atoms with van der Waals surface area (Å²) in [5, 5.41) is 11.5. The first kappa shape index (κ1) is 11.7. The van der Waals surface area contributed by atoms with Gasteiger partial charge in [0.1, 0.15) is 0 Å². The maximum Gasteiger partial charge on any atom is 0.0780 e. The van der Waals surface area contributed by atoms with E-state index in [1.807, 2.05) is 11.3 Å². The second kappa shape index (κ2) is 5.06. The molecule has 1 aromatic rings. The molecular formula is C13H19NO2S. The van der Waals surface area contributed by atoms with Gasteiger partial charge >= 0.3 is 0 Å². The molecule has 1 aliphatic heterocycles. The summed E-state index contributed by atoms with van der Waals surface area (Å²) < 4.78 is 5.86. The summed E-state index contributed by atoms with van der Waals surface area (Å²) in [4.78, 5) is 3.97. The highest BCUT2D eigenvalue weighted by Crippen LogP contribution is 2.35. The molecule has 3 rings (SSSR count). The summed E-state index contributed by atoms with van der Waals surface area (Å²) in [6.45, 7) is 3.15. The maximum atomic E-state index is 9.35. The van der Waals surface area contributed by atoms with Gasteiger partial charge in [0.2, 0.25) is 0 Å². The predicted molar refractivity (Wildman–Crippen MR) is 68.1 cm³/mol. The molecule has 2 aliphatic rings. The highest BCUT2D eigenvalue weighted by molar-refractivity contribution is 7.09. The molecule has 2 heterocycles. The lowest BCUT2D eigenvalue weighted by molar-refractivity contribution is -0.0827. The van der Waals surface area contributed by atoms with Crippen LogP contribution in [0.25, 0.3) is 0 Å². The number of rotatable bonds is 3. The number of hydrogen-bond donors (Lipinski definition) is 1. The van der Waals surface area contributed by atoms with Gasteiger partial charge in [-0.3, -0.25) is 4.90 Å². The van der Waals surface area contributed by atoms with Crippen molar-refractivity contribution in [2.24, 2.45) is 5.92 Å². The van der Waals surface area contributed by atoms with Crippen molar-refractivity contribution in [3.05, 3.63) is 22.4 Å². The van der Waals surface area contributed by atoms with E-state index in [-0.39, 0.29) is 12.7 Å². The van der Waals surface area contributed by atoms with Crippen LogP contribution in [0.1, 0.15) is 17.7 Å². The van der Waals surface area contributed by atoms with Gasteiger partial charge in [-0.1, -0.05) is 6.07 Å². The molecule has 1 saturated heterocycles. The number of aliphatic hydroxyl groups is 1. The van der Waals surface area contributed by atoms with Gasteiger partial charge in [0.25, 0.3) is 0 Å². The first-order chi connectivity index (χ1) is 8.38. The Morgan fingerprint density at radius 1 is 1.47 bits per heavy atom. The molecule has 4 heteroatoms. The number of nitrogens with zero attached hydrogens (tertiary/aromatic N) is 1. The van der Waals surface area contributed by atoms with E-state index in [1.165, 1.54) is 11.3 Å². The number of thiophene rings is 1. The summed E-state index contributed by atoms with van der Waals surface area (Å²) >= 11 is 1.83. The topological polar surface area (TPSA) is 32.7 Å². The number of fused-ring (bicyclic) bond motifs is 1. The average Bonchev–Trinajstić information content (AvgIpc) is 2.97. The Kier molecular flexibility index (Phi) is 3.47. The fourth-order valence-corrected chi connectivity index (χ4v) is 3.86. The van der Waals surface area contributed by atoms with Crippen molar-refractivity contribution in [1.82, 2.24) is 4.90 Å². The summed E-state index contributed by atoms with van der Waals surface area (Å²) in [5.74, 6) is 0.353. The largest absolute Gasteiger partial charge is 0.396 e. The minimum absolute atomic E-state index is 0.258. The second-order valence-electron chi connectivity index (χ2n) is 4.97. The van der Waals surface area contributed by atoms with E-state index in [2.05, 4.69) is 22.4 Å². The Hall–Kier alpha value is -0.420. The summed E-state index contributed by atoms with van der Waals surface area (Å²) in [6, 6.07) is 4.83. The third-order valence-electron chi connectivity index (χ3n) is 4.01. The molecule has 3 atom stereocenters. The van der Waals surface area contributed by atoms with E-state index in [0.29, 0.717) is 12.0 Å². The summed E-state index contributed by atoms with van der Waals surface area (Å²) in [7, 11) is 0. The van der Waals surface area contributed by atoms with Crippen LogP contribution in [-0.2, 0) is 11.3 Å². The molecule has 3 nitrogen and oxygen atoms in total. The Morgan fingerprint density at radius 2 is 2.41 bits per heavy atom. The third kappa shape index (κ3) is 2.27. The lowest BCUT2D eigenvalue weighted by Crippen LogP contribution is -2.49. The maximum absolute atomic E-state index is 9.35. The van der Waals surface area contributed by atoms with Crippen LogP contribution in [0.5, 0.6) is 0 Å². The normalized spacial score (nSPS) is 33.8. The van der Waals surface area contributed by atoms with Crippen LogP contribution in [-0.4, -0.2) is 41.9 Å². The molecule has 0 aromatic carbocycles. The molecule has 2 fully saturated rings. The first-order valence-electron chi connectivity index (χ1n) is 6.37. The lowest BCUT2D eigenvalue weighted by Gasteiger charge is -2.38. The summed E-state index contributed by atoms with van der Waals surface area (Å²) in [5.41, 5.74) is 0. The fourth-order valence-electron chi connectivity index (χ4n) is 3.13. The third-order valence-corrected chi connectivity index (χ3v) is 4.87. The molecule has 1 aliphatic carbocycles. The van der Waals surface area contributed by atoms with Crippen molar-refractivity contribution in [1.29, 1.82) is 0 Å². The Morgan fingerprint density at radius 3 is 3.18 bits per heavy atom. The molecule has 0 unspecified atom stereocenters. The number of hydrogen-bond acceptors (Lipinski definition) is 4. The Balaban J connectivity index is 1.69. The van der Waals surface area contributed by atoms with E-state index in [4.69, 9.17) is 4.74 Å². The van der Waals surface area contributed by atoms with Crippen LogP contribution >= 0.6 is 11.3 Å². The van der Waals surface area contributed by atoms with Crippen LogP contribution in [0.4, 0.5) is 0 Å². The van der Waals surface area contributed by atoms with E-state index in [9.17, 15) is 5.11 Å². The van der Waals surface area contributed by atoms with Crippen molar-refractivity contribution in [2.75, 3.05) is 19.8 Å². The molecule has 0 amide bonds. The van der Waals surface area contributed by atoms with Gasteiger partial charge in [0.15, 0.2) is 0 Å². The minimum atomic E-state index is 0.258. The quantitative estimate of drug-likeness (QED) is 0.890. The zero-order valence-corrected chi connectivity index (χ0v) is 10.7. The van der Waals surface area contributed by atoms with Gasteiger partial charge in [-0.15, -0.1) is 11.3 Å². The molecule has 0 radical (unpaired) electrons. The number of ether oxygens (including phenoxy) is 1. The van der Waals surface area contributed by atoms with Crippen LogP contribution in [0.3, 0.4) is 0 Å². The fraction of sp³-hybridized carbons (Fsp3) is 0.692. The molecule has 17 heavy (non-hydrogen) atoms. The molecular weight excluding hydrogens is 234 g/mol. The molecule has 1 N–H and O–H groups in total. The highest BCUT2D eigenvalue weighted by atomic mass is 32.1. The van der Waals surface area contributed by atoms with Crippen molar-refractivity contribution in [2.45, 2.75) is 31.5 Å². The second-order valence-corrected chi connectivity index (χ2v) is 6.00. The van der Waals surface area contributed by atoms with Crippen LogP contribution in [0.15, 0.2) is 17.5 Å². The van der Waals surface area contributed by atoms with Crippen molar-refractivity contribution < 1.29 is 9.84 Å². The Bertz CT molecular complexity index is 354. The van der Waals surface area contributed by atoms with Crippen molar-refractivity contribution >= 4 is 11.3 Å². The molecule has 0 spiro atoms. The number of aliphatic hydroxyl groups excluding tert-OH is 1. The minimum Gasteiger partial charge on any atom is -0.396 e. The average molecular weight is 253 g/mol.